The summed E-state index contributed by atoms with van der Waals surface area (Å²) in [6.07, 6.45) is 2.30. The first-order chi connectivity index (χ1) is 8.13. The second kappa shape index (κ2) is 4.59. The minimum atomic E-state index is -0.0784. The van der Waals surface area contributed by atoms with Crippen molar-refractivity contribution < 1.29 is 9.90 Å². The number of hydrogen-bond acceptors (Lipinski definition) is 3. The molecule has 1 amide bonds. The number of nitrogens with two attached hydrogens (primary N) is 1. The van der Waals surface area contributed by atoms with Gasteiger partial charge in [-0.1, -0.05) is 6.08 Å². The molecule has 1 aliphatic heterocycles. The number of rotatable bonds is 3. The van der Waals surface area contributed by atoms with E-state index in [1.54, 1.807) is 29.2 Å². The molecule has 1 saturated heterocycles. The molecule has 17 heavy (non-hydrogen) atoms. The van der Waals surface area contributed by atoms with Gasteiger partial charge in [0.1, 0.15) is 0 Å². The first-order valence-corrected chi connectivity index (χ1v) is 5.57. The van der Waals surface area contributed by atoms with Crippen LogP contribution in [0.2, 0.25) is 0 Å². The number of amides is 1. The van der Waals surface area contributed by atoms with Crippen LogP contribution in [0.25, 0.3) is 0 Å². The molecule has 1 heterocycles. The molecule has 0 aromatic heterocycles. The molecular formula is C13H16N2O2. The van der Waals surface area contributed by atoms with Crippen LogP contribution in [0.15, 0.2) is 30.9 Å². The Morgan fingerprint density at radius 2 is 2.29 bits per heavy atom. The Morgan fingerprint density at radius 3 is 2.88 bits per heavy atom. The Balaban J connectivity index is 2.31. The molecule has 1 unspecified atom stereocenters. The maximum atomic E-state index is 11.8. The average Bonchev–Trinajstić information content (AvgIpc) is 2.69. The van der Waals surface area contributed by atoms with E-state index in [2.05, 4.69) is 6.58 Å². The normalized spacial score (nSPS) is 19.7. The molecule has 4 heteroatoms. The van der Waals surface area contributed by atoms with Gasteiger partial charge >= 0.3 is 0 Å². The summed E-state index contributed by atoms with van der Waals surface area (Å²) >= 11 is 0. The van der Waals surface area contributed by atoms with Gasteiger partial charge in [-0.2, -0.15) is 0 Å². The van der Waals surface area contributed by atoms with Crippen LogP contribution in [0.5, 0.6) is 0 Å². The second-order valence-electron chi connectivity index (χ2n) is 4.30. The Hall–Kier alpha value is -1.81. The summed E-state index contributed by atoms with van der Waals surface area (Å²) in [7, 11) is 0. The van der Waals surface area contributed by atoms with E-state index in [-0.39, 0.29) is 18.4 Å². The second-order valence-corrected chi connectivity index (χ2v) is 4.30. The van der Waals surface area contributed by atoms with Crippen molar-refractivity contribution in [1.82, 2.24) is 0 Å². The lowest BCUT2D eigenvalue weighted by atomic mass is 10.1. The molecule has 0 aliphatic carbocycles. The SMILES string of the molecule is C=CC1CC(=O)N(c2cc(N)cc(CO)c2)C1. The summed E-state index contributed by atoms with van der Waals surface area (Å²) in [6, 6.07) is 5.25. The predicted molar refractivity (Wildman–Crippen MR) is 67.4 cm³/mol. The van der Waals surface area contributed by atoms with E-state index < -0.39 is 0 Å². The van der Waals surface area contributed by atoms with Gasteiger partial charge in [-0.05, 0) is 23.8 Å². The third-order valence-electron chi connectivity index (χ3n) is 2.98. The first-order valence-electron chi connectivity index (χ1n) is 5.57. The third kappa shape index (κ3) is 2.31. The largest absolute Gasteiger partial charge is 0.399 e. The summed E-state index contributed by atoms with van der Waals surface area (Å²) in [5, 5.41) is 9.12. The lowest BCUT2D eigenvalue weighted by Crippen LogP contribution is -2.24. The monoisotopic (exact) mass is 232 g/mol. The predicted octanol–water partition coefficient (Wildman–Crippen LogP) is 1.30. The fourth-order valence-corrected chi connectivity index (χ4v) is 2.09. The Bertz CT molecular complexity index is 457. The van der Waals surface area contributed by atoms with Crippen molar-refractivity contribution in [2.75, 3.05) is 17.2 Å². The summed E-state index contributed by atoms with van der Waals surface area (Å²) in [6.45, 7) is 4.27. The van der Waals surface area contributed by atoms with Crippen LogP contribution in [-0.2, 0) is 11.4 Å². The van der Waals surface area contributed by atoms with E-state index in [9.17, 15) is 4.79 Å². The highest BCUT2D eigenvalue weighted by Crippen LogP contribution is 2.28. The molecule has 90 valence electrons. The summed E-state index contributed by atoms with van der Waals surface area (Å²) < 4.78 is 0. The minimum Gasteiger partial charge on any atom is -0.399 e. The number of anilines is 2. The zero-order valence-corrected chi connectivity index (χ0v) is 9.60. The zero-order chi connectivity index (χ0) is 12.4. The van der Waals surface area contributed by atoms with Crippen LogP contribution in [0.3, 0.4) is 0 Å². The number of benzene rings is 1. The topological polar surface area (TPSA) is 66.6 Å². The van der Waals surface area contributed by atoms with Crippen molar-refractivity contribution in [3.63, 3.8) is 0 Å². The van der Waals surface area contributed by atoms with Crippen molar-refractivity contribution in [2.45, 2.75) is 13.0 Å². The van der Waals surface area contributed by atoms with Crippen molar-refractivity contribution in [3.05, 3.63) is 36.4 Å². The van der Waals surface area contributed by atoms with Gasteiger partial charge in [-0.15, -0.1) is 6.58 Å². The maximum absolute atomic E-state index is 11.8. The summed E-state index contributed by atoms with van der Waals surface area (Å²) in [4.78, 5) is 13.5. The van der Waals surface area contributed by atoms with Crippen molar-refractivity contribution in [3.8, 4) is 0 Å². The molecule has 1 atom stereocenters. The number of hydrogen-bond donors (Lipinski definition) is 2. The molecule has 0 radical (unpaired) electrons. The number of nitrogen functional groups attached to an aromatic ring is 1. The van der Waals surface area contributed by atoms with Crippen LogP contribution in [0, 0.1) is 5.92 Å². The van der Waals surface area contributed by atoms with Gasteiger partial charge in [0, 0.05) is 30.3 Å². The van der Waals surface area contributed by atoms with Gasteiger partial charge in [-0.3, -0.25) is 4.79 Å². The van der Waals surface area contributed by atoms with Crippen molar-refractivity contribution >= 4 is 17.3 Å². The molecule has 1 fully saturated rings. The smallest absolute Gasteiger partial charge is 0.227 e. The molecule has 1 aromatic carbocycles. The van der Waals surface area contributed by atoms with Crippen molar-refractivity contribution in [2.24, 2.45) is 5.92 Å². The van der Waals surface area contributed by atoms with Gasteiger partial charge in [0.05, 0.1) is 6.61 Å². The molecule has 0 spiro atoms. The molecule has 4 nitrogen and oxygen atoms in total. The Labute approximate surface area is 100 Å². The highest BCUT2D eigenvalue weighted by molar-refractivity contribution is 5.96. The van der Waals surface area contributed by atoms with E-state index in [0.29, 0.717) is 18.7 Å². The zero-order valence-electron chi connectivity index (χ0n) is 9.60. The molecule has 1 aromatic rings. The van der Waals surface area contributed by atoms with E-state index >= 15 is 0 Å². The summed E-state index contributed by atoms with van der Waals surface area (Å²) in [5.41, 5.74) is 7.77. The first kappa shape index (κ1) is 11.7. The molecular weight excluding hydrogens is 216 g/mol. The van der Waals surface area contributed by atoms with Gasteiger partial charge in [0.25, 0.3) is 0 Å². The highest BCUT2D eigenvalue weighted by atomic mass is 16.3. The summed E-state index contributed by atoms with van der Waals surface area (Å²) in [5.74, 6) is 0.269. The Kier molecular flexibility index (Phi) is 3.15. The van der Waals surface area contributed by atoms with Crippen LogP contribution >= 0.6 is 0 Å². The van der Waals surface area contributed by atoms with Gasteiger partial charge in [0.15, 0.2) is 0 Å². The van der Waals surface area contributed by atoms with E-state index in [1.165, 1.54) is 0 Å². The van der Waals surface area contributed by atoms with Gasteiger partial charge < -0.3 is 15.7 Å². The van der Waals surface area contributed by atoms with Crippen LogP contribution in [-0.4, -0.2) is 17.6 Å². The number of carbonyl (C=O) groups excluding carboxylic acids is 1. The minimum absolute atomic E-state index is 0.0735. The lowest BCUT2D eigenvalue weighted by Gasteiger charge is -2.17. The maximum Gasteiger partial charge on any atom is 0.227 e. The molecule has 0 bridgehead atoms. The van der Waals surface area contributed by atoms with Crippen molar-refractivity contribution in [1.29, 1.82) is 0 Å². The molecule has 0 saturated carbocycles. The van der Waals surface area contributed by atoms with Gasteiger partial charge in [-0.25, -0.2) is 0 Å². The van der Waals surface area contributed by atoms with E-state index in [4.69, 9.17) is 10.8 Å². The number of nitrogens with zero attached hydrogens (tertiary/aromatic N) is 1. The standard InChI is InChI=1S/C13H16N2O2/c1-2-9-5-13(17)15(7-9)12-4-10(8-16)3-11(14)6-12/h2-4,6,9,16H,1,5,7-8,14H2. The molecule has 2 rings (SSSR count). The number of aliphatic hydroxyl groups excluding tert-OH is 1. The van der Waals surface area contributed by atoms with Crippen LogP contribution < -0.4 is 10.6 Å². The highest BCUT2D eigenvalue weighted by Gasteiger charge is 2.28. The van der Waals surface area contributed by atoms with E-state index in [1.807, 2.05) is 0 Å². The van der Waals surface area contributed by atoms with Crippen LogP contribution in [0.1, 0.15) is 12.0 Å². The fraction of sp³-hybridized carbons (Fsp3) is 0.308. The fourth-order valence-electron chi connectivity index (χ4n) is 2.09. The lowest BCUT2D eigenvalue weighted by molar-refractivity contribution is -0.117. The number of aliphatic hydroxyl groups is 1. The molecule has 3 N–H and O–H groups in total. The third-order valence-corrected chi connectivity index (χ3v) is 2.98. The van der Waals surface area contributed by atoms with Gasteiger partial charge in [0.2, 0.25) is 5.91 Å². The number of carbonyl (C=O) groups is 1. The molecule has 1 aliphatic rings. The Morgan fingerprint density at radius 1 is 1.53 bits per heavy atom. The van der Waals surface area contributed by atoms with E-state index in [0.717, 1.165) is 11.3 Å². The quantitative estimate of drug-likeness (QED) is 0.609. The average molecular weight is 232 g/mol. The van der Waals surface area contributed by atoms with Crippen LogP contribution in [0.4, 0.5) is 11.4 Å².